The van der Waals surface area contributed by atoms with E-state index in [1.807, 2.05) is 18.2 Å². The number of primary amides is 1. The molecule has 3 aromatic rings. The highest BCUT2D eigenvalue weighted by Crippen LogP contribution is 2.33. The number of nitrogens with zero attached hydrogens (tertiary/aromatic N) is 3. The number of nitrogens with two attached hydrogens (primary N) is 1. The SMILES string of the molecule is NC(=O)c1ccc(Cn2c(N3CCC(C(=O)NC4CCCC4)CC3)nc3cc(Cl)c(Cl)cc32)cc1. The summed E-state index contributed by atoms with van der Waals surface area (Å²) in [5, 5.41) is 4.19. The van der Waals surface area contributed by atoms with Crippen LogP contribution in [0, 0.1) is 5.92 Å². The van der Waals surface area contributed by atoms with E-state index in [9.17, 15) is 9.59 Å². The number of anilines is 1. The molecule has 2 amide bonds. The van der Waals surface area contributed by atoms with Gasteiger partial charge in [0.2, 0.25) is 17.8 Å². The molecule has 184 valence electrons. The van der Waals surface area contributed by atoms with Crippen molar-refractivity contribution in [2.24, 2.45) is 11.7 Å². The van der Waals surface area contributed by atoms with Crippen molar-refractivity contribution in [2.75, 3.05) is 18.0 Å². The molecule has 0 spiro atoms. The molecule has 0 unspecified atom stereocenters. The molecule has 7 nitrogen and oxygen atoms in total. The van der Waals surface area contributed by atoms with Gasteiger partial charge < -0.3 is 20.5 Å². The van der Waals surface area contributed by atoms with E-state index in [0.717, 1.165) is 61.3 Å². The fourth-order valence-electron chi connectivity index (χ4n) is 5.19. The molecular formula is C26H29Cl2N5O2. The van der Waals surface area contributed by atoms with Crippen molar-refractivity contribution in [2.45, 2.75) is 51.1 Å². The van der Waals surface area contributed by atoms with E-state index in [1.165, 1.54) is 12.8 Å². The molecule has 1 aromatic heterocycles. The lowest BCUT2D eigenvalue weighted by Crippen LogP contribution is -2.43. The van der Waals surface area contributed by atoms with E-state index in [2.05, 4.69) is 14.8 Å². The number of fused-ring (bicyclic) bond motifs is 1. The van der Waals surface area contributed by atoms with Crippen LogP contribution in [0.4, 0.5) is 5.95 Å². The quantitative estimate of drug-likeness (QED) is 0.496. The molecular weight excluding hydrogens is 485 g/mol. The maximum atomic E-state index is 12.8. The smallest absolute Gasteiger partial charge is 0.248 e. The van der Waals surface area contributed by atoms with Crippen LogP contribution in [0.3, 0.4) is 0 Å². The summed E-state index contributed by atoms with van der Waals surface area (Å²) in [6, 6.07) is 11.2. The number of carbonyl (C=O) groups is 2. The van der Waals surface area contributed by atoms with Crippen molar-refractivity contribution in [3.8, 4) is 0 Å². The van der Waals surface area contributed by atoms with Gasteiger partial charge in [-0.1, -0.05) is 48.2 Å². The molecule has 35 heavy (non-hydrogen) atoms. The van der Waals surface area contributed by atoms with Crippen LogP contribution in [0.5, 0.6) is 0 Å². The van der Waals surface area contributed by atoms with E-state index in [-0.39, 0.29) is 11.8 Å². The van der Waals surface area contributed by atoms with Crippen molar-refractivity contribution < 1.29 is 9.59 Å². The molecule has 1 aliphatic heterocycles. The maximum Gasteiger partial charge on any atom is 0.248 e. The molecule has 1 saturated carbocycles. The van der Waals surface area contributed by atoms with Crippen molar-refractivity contribution in [3.05, 3.63) is 57.6 Å². The van der Waals surface area contributed by atoms with Gasteiger partial charge in [0.05, 0.1) is 27.6 Å². The van der Waals surface area contributed by atoms with Gasteiger partial charge in [0, 0.05) is 30.6 Å². The molecule has 0 bridgehead atoms. The zero-order chi connectivity index (χ0) is 24.5. The summed E-state index contributed by atoms with van der Waals surface area (Å²) in [5.74, 6) is 0.603. The Balaban J connectivity index is 1.38. The molecule has 1 saturated heterocycles. The third-order valence-electron chi connectivity index (χ3n) is 7.20. The van der Waals surface area contributed by atoms with Crippen molar-refractivity contribution in [3.63, 3.8) is 0 Å². The standard InChI is InChI=1S/C26H29Cl2N5O2/c27-20-13-22-23(14-21(20)28)33(15-16-5-7-17(8-6-16)24(29)34)26(31-22)32-11-9-18(10-12-32)25(35)30-19-3-1-2-4-19/h5-8,13-14,18-19H,1-4,9-12,15H2,(H2,29,34)(H,30,35). The molecule has 1 aliphatic carbocycles. The summed E-state index contributed by atoms with van der Waals surface area (Å²) in [4.78, 5) is 31.4. The summed E-state index contributed by atoms with van der Waals surface area (Å²) in [6.45, 7) is 2.03. The zero-order valence-electron chi connectivity index (χ0n) is 19.5. The first-order valence-electron chi connectivity index (χ1n) is 12.2. The first kappa shape index (κ1) is 23.9. The Morgan fingerprint density at radius 3 is 2.31 bits per heavy atom. The van der Waals surface area contributed by atoms with Gasteiger partial charge in [-0.25, -0.2) is 4.98 Å². The molecule has 3 N–H and O–H groups in total. The summed E-state index contributed by atoms with van der Waals surface area (Å²) >= 11 is 12.6. The molecule has 2 fully saturated rings. The molecule has 0 atom stereocenters. The van der Waals surface area contributed by atoms with Crippen LogP contribution in [-0.2, 0) is 11.3 Å². The number of carbonyl (C=O) groups excluding carboxylic acids is 2. The number of hydrogen-bond donors (Lipinski definition) is 2. The van der Waals surface area contributed by atoms with Crippen molar-refractivity contribution in [1.29, 1.82) is 0 Å². The first-order valence-corrected chi connectivity index (χ1v) is 12.9. The van der Waals surface area contributed by atoms with Crippen molar-refractivity contribution in [1.82, 2.24) is 14.9 Å². The Bertz CT molecular complexity index is 1240. The Morgan fingerprint density at radius 1 is 1.00 bits per heavy atom. The summed E-state index contributed by atoms with van der Waals surface area (Å²) in [6.07, 6.45) is 6.19. The first-order chi connectivity index (χ1) is 16.9. The minimum absolute atomic E-state index is 0.0370. The van der Waals surface area contributed by atoms with Crippen LogP contribution in [0.1, 0.15) is 54.4 Å². The number of halogens is 2. The molecule has 2 aromatic carbocycles. The largest absolute Gasteiger partial charge is 0.366 e. The van der Waals surface area contributed by atoms with Gasteiger partial charge >= 0.3 is 0 Å². The van der Waals surface area contributed by atoms with Gasteiger partial charge in [-0.2, -0.15) is 0 Å². The number of nitrogens with one attached hydrogen (secondary N) is 1. The lowest BCUT2D eigenvalue weighted by atomic mass is 9.95. The lowest BCUT2D eigenvalue weighted by Gasteiger charge is -2.33. The van der Waals surface area contributed by atoms with Crippen LogP contribution in [0.25, 0.3) is 11.0 Å². The second kappa shape index (κ2) is 10.1. The monoisotopic (exact) mass is 513 g/mol. The number of amides is 2. The highest BCUT2D eigenvalue weighted by molar-refractivity contribution is 6.42. The molecule has 2 heterocycles. The van der Waals surface area contributed by atoms with Gasteiger partial charge in [-0.05, 0) is 55.5 Å². The average Bonchev–Trinajstić information content (AvgIpc) is 3.48. The third kappa shape index (κ3) is 5.11. The number of imidazole rings is 1. The molecule has 2 aliphatic rings. The topological polar surface area (TPSA) is 93.3 Å². The Hall–Kier alpha value is -2.77. The Kier molecular flexibility index (Phi) is 6.89. The second-order valence-corrected chi connectivity index (χ2v) is 10.4. The third-order valence-corrected chi connectivity index (χ3v) is 7.92. The van der Waals surface area contributed by atoms with Gasteiger partial charge in [0.1, 0.15) is 0 Å². The maximum absolute atomic E-state index is 12.8. The van der Waals surface area contributed by atoms with Gasteiger partial charge in [-0.15, -0.1) is 0 Å². The fraction of sp³-hybridized carbons (Fsp3) is 0.423. The van der Waals surface area contributed by atoms with Crippen LogP contribution < -0.4 is 16.0 Å². The highest BCUT2D eigenvalue weighted by Gasteiger charge is 2.29. The van der Waals surface area contributed by atoms with Crippen LogP contribution >= 0.6 is 23.2 Å². The summed E-state index contributed by atoms with van der Waals surface area (Å²) < 4.78 is 2.12. The van der Waals surface area contributed by atoms with Crippen molar-refractivity contribution >= 4 is 52.0 Å². The number of benzene rings is 2. The number of piperidine rings is 1. The normalized spacial score (nSPS) is 17.3. The fourth-order valence-corrected chi connectivity index (χ4v) is 5.51. The molecule has 5 rings (SSSR count). The van der Waals surface area contributed by atoms with Crippen LogP contribution in [-0.4, -0.2) is 40.5 Å². The minimum atomic E-state index is -0.452. The molecule has 0 radical (unpaired) electrons. The van der Waals surface area contributed by atoms with E-state index in [1.54, 1.807) is 18.2 Å². The summed E-state index contributed by atoms with van der Waals surface area (Å²) in [5.41, 5.74) is 8.52. The van der Waals surface area contributed by atoms with Crippen LogP contribution in [0.2, 0.25) is 10.0 Å². The highest BCUT2D eigenvalue weighted by atomic mass is 35.5. The van der Waals surface area contributed by atoms with Gasteiger partial charge in [-0.3, -0.25) is 9.59 Å². The van der Waals surface area contributed by atoms with Gasteiger partial charge in [0.15, 0.2) is 0 Å². The van der Waals surface area contributed by atoms with E-state index >= 15 is 0 Å². The second-order valence-electron chi connectivity index (χ2n) is 9.57. The minimum Gasteiger partial charge on any atom is -0.366 e. The average molecular weight is 514 g/mol. The number of aromatic nitrogens is 2. The predicted molar refractivity (Wildman–Crippen MR) is 139 cm³/mol. The van der Waals surface area contributed by atoms with Crippen LogP contribution in [0.15, 0.2) is 36.4 Å². The molecule has 9 heteroatoms. The van der Waals surface area contributed by atoms with Gasteiger partial charge in [0.25, 0.3) is 0 Å². The number of hydrogen-bond acceptors (Lipinski definition) is 4. The lowest BCUT2D eigenvalue weighted by molar-refractivity contribution is -0.126. The Labute approximate surface area is 214 Å². The Morgan fingerprint density at radius 2 is 1.66 bits per heavy atom. The van der Waals surface area contributed by atoms with E-state index in [0.29, 0.717) is 28.2 Å². The van der Waals surface area contributed by atoms with E-state index in [4.69, 9.17) is 33.9 Å². The van der Waals surface area contributed by atoms with E-state index < -0.39 is 5.91 Å². The zero-order valence-corrected chi connectivity index (χ0v) is 21.0. The summed E-state index contributed by atoms with van der Waals surface area (Å²) in [7, 11) is 0. The predicted octanol–water partition coefficient (Wildman–Crippen LogP) is 4.77. The number of rotatable bonds is 6.